The van der Waals surface area contributed by atoms with Crippen molar-refractivity contribution >= 4 is 23.4 Å². The summed E-state index contributed by atoms with van der Waals surface area (Å²) in [5.41, 5.74) is 2.54. The summed E-state index contributed by atoms with van der Waals surface area (Å²) in [7, 11) is 3.14. The van der Waals surface area contributed by atoms with E-state index in [1.165, 1.54) is 11.8 Å². The Labute approximate surface area is 162 Å². The van der Waals surface area contributed by atoms with Crippen molar-refractivity contribution in [3.63, 3.8) is 0 Å². The number of aromatic nitrogens is 2. The van der Waals surface area contributed by atoms with Gasteiger partial charge in [-0.1, -0.05) is 42.1 Å². The predicted molar refractivity (Wildman–Crippen MR) is 108 cm³/mol. The van der Waals surface area contributed by atoms with Gasteiger partial charge in [0.05, 0.1) is 37.0 Å². The molecule has 0 radical (unpaired) electrons. The van der Waals surface area contributed by atoms with Crippen molar-refractivity contribution < 1.29 is 14.3 Å². The topological polar surface area (TPSA) is 76.2 Å². The van der Waals surface area contributed by atoms with Crippen molar-refractivity contribution in [2.75, 3.05) is 19.5 Å². The smallest absolute Gasteiger partial charge is 0.237 e. The second-order valence-corrected chi connectivity index (χ2v) is 7.11. The highest BCUT2D eigenvalue weighted by molar-refractivity contribution is 8.00. The summed E-state index contributed by atoms with van der Waals surface area (Å²) in [5.74, 6) is 1.07. The number of H-pyrrole nitrogens is 1. The number of carbonyl (C=O) groups excluding carboxylic acids is 1. The van der Waals surface area contributed by atoms with E-state index in [0.717, 1.165) is 11.3 Å². The van der Waals surface area contributed by atoms with Crippen molar-refractivity contribution in [3.05, 3.63) is 54.7 Å². The van der Waals surface area contributed by atoms with Crippen molar-refractivity contribution in [2.24, 2.45) is 0 Å². The predicted octanol–water partition coefficient (Wildman–Crippen LogP) is 4.21. The van der Waals surface area contributed by atoms with Crippen LogP contribution in [0.1, 0.15) is 6.92 Å². The molecule has 1 unspecified atom stereocenters. The van der Waals surface area contributed by atoms with Crippen molar-refractivity contribution in [3.8, 4) is 22.8 Å². The molecule has 1 atom stereocenters. The fourth-order valence-electron chi connectivity index (χ4n) is 2.49. The summed E-state index contributed by atoms with van der Waals surface area (Å²) < 4.78 is 10.5. The minimum absolute atomic E-state index is 0.149. The lowest BCUT2D eigenvalue weighted by Crippen LogP contribution is -2.22. The molecule has 0 saturated heterocycles. The van der Waals surface area contributed by atoms with E-state index in [0.29, 0.717) is 22.3 Å². The van der Waals surface area contributed by atoms with Gasteiger partial charge in [0.1, 0.15) is 11.5 Å². The van der Waals surface area contributed by atoms with E-state index in [-0.39, 0.29) is 11.2 Å². The average Bonchev–Trinajstić information content (AvgIpc) is 3.17. The maximum Gasteiger partial charge on any atom is 0.237 e. The minimum Gasteiger partial charge on any atom is -0.497 e. The lowest BCUT2D eigenvalue weighted by Gasteiger charge is -2.14. The van der Waals surface area contributed by atoms with Crippen molar-refractivity contribution in [1.29, 1.82) is 0 Å². The number of methoxy groups -OCH3 is 2. The molecule has 0 aliphatic rings. The van der Waals surface area contributed by atoms with E-state index < -0.39 is 0 Å². The quantitative estimate of drug-likeness (QED) is 0.598. The summed E-state index contributed by atoms with van der Waals surface area (Å²) >= 11 is 1.36. The fraction of sp³-hybridized carbons (Fsp3) is 0.200. The first kappa shape index (κ1) is 18.8. The largest absolute Gasteiger partial charge is 0.497 e. The number of hydrogen-bond donors (Lipinski definition) is 2. The highest BCUT2D eigenvalue weighted by atomic mass is 32.2. The van der Waals surface area contributed by atoms with Gasteiger partial charge in [0.2, 0.25) is 5.91 Å². The number of thioether (sulfide) groups is 1. The normalized spacial score (nSPS) is 11.7. The van der Waals surface area contributed by atoms with Gasteiger partial charge in [0, 0.05) is 6.07 Å². The van der Waals surface area contributed by atoms with Crippen molar-refractivity contribution in [2.45, 2.75) is 17.3 Å². The van der Waals surface area contributed by atoms with Crippen LogP contribution in [0, 0.1) is 0 Å². The maximum absolute atomic E-state index is 12.6. The number of carbonyl (C=O) groups is 1. The van der Waals surface area contributed by atoms with Gasteiger partial charge >= 0.3 is 0 Å². The number of hydrogen-bond acceptors (Lipinski definition) is 5. The molecule has 2 aromatic carbocycles. The number of nitrogens with one attached hydrogen (secondary N) is 2. The van der Waals surface area contributed by atoms with Crippen LogP contribution >= 0.6 is 11.8 Å². The summed E-state index contributed by atoms with van der Waals surface area (Å²) in [5, 5.41) is 3.23. The zero-order valence-corrected chi connectivity index (χ0v) is 16.2. The molecule has 0 aliphatic heterocycles. The van der Waals surface area contributed by atoms with E-state index in [2.05, 4.69) is 15.3 Å². The first-order chi connectivity index (χ1) is 13.1. The number of anilines is 1. The first-order valence-electron chi connectivity index (χ1n) is 8.40. The van der Waals surface area contributed by atoms with Crippen LogP contribution in [0.3, 0.4) is 0 Å². The van der Waals surface area contributed by atoms with Gasteiger partial charge in [-0.3, -0.25) is 4.79 Å². The number of aromatic amines is 1. The van der Waals surface area contributed by atoms with E-state index in [4.69, 9.17) is 9.47 Å². The molecule has 0 saturated carbocycles. The van der Waals surface area contributed by atoms with Crippen LogP contribution in [0.2, 0.25) is 0 Å². The molecule has 0 bridgehead atoms. The molecule has 0 aliphatic carbocycles. The van der Waals surface area contributed by atoms with Gasteiger partial charge in [0.25, 0.3) is 0 Å². The second-order valence-electron chi connectivity index (χ2n) is 5.78. The SMILES string of the molecule is COc1ccc(OC)c(NC(=O)C(C)Sc2ncc(-c3ccccc3)[nH]2)c1. The monoisotopic (exact) mass is 383 g/mol. The molecule has 6 nitrogen and oxygen atoms in total. The van der Waals surface area contributed by atoms with Gasteiger partial charge in [-0.15, -0.1) is 0 Å². The lowest BCUT2D eigenvalue weighted by atomic mass is 10.2. The van der Waals surface area contributed by atoms with Crippen molar-refractivity contribution in [1.82, 2.24) is 9.97 Å². The molecule has 1 amide bonds. The van der Waals surface area contributed by atoms with E-state index in [9.17, 15) is 4.79 Å². The second kappa shape index (κ2) is 8.64. The Bertz CT molecular complexity index is 912. The van der Waals surface area contributed by atoms with E-state index in [1.54, 1.807) is 38.6 Å². The van der Waals surface area contributed by atoms with Gasteiger partial charge in [0.15, 0.2) is 5.16 Å². The number of benzene rings is 2. The first-order valence-corrected chi connectivity index (χ1v) is 9.28. The molecule has 27 heavy (non-hydrogen) atoms. The summed E-state index contributed by atoms with van der Waals surface area (Å²) in [6.45, 7) is 1.83. The molecule has 7 heteroatoms. The molecular formula is C20H21N3O3S. The van der Waals surface area contributed by atoms with Crippen LogP contribution in [0.5, 0.6) is 11.5 Å². The third-order valence-corrected chi connectivity index (χ3v) is 4.96. The summed E-state index contributed by atoms with van der Waals surface area (Å²) in [6.07, 6.45) is 1.77. The maximum atomic E-state index is 12.6. The van der Waals surface area contributed by atoms with E-state index >= 15 is 0 Å². The molecule has 140 valence electrons. The van der Waals surface area contributed by atoms with Crippen LogP contribution in [0.4, 0.5) is 5.69 Å². The molecule has 3 aromatic rings. The number of imidazole rings is 1. The highest BCUT2D eigenvalue weighted by Crippen LogP contribution is 2.30. The minimum atomic E-state index is -0.351. The molecular weight excluding hydrogens is 362 g/mol. The fourth-order valence-corrected chi connectivity index (χ4v) is 3.28. The zero-order valence-electron chi connectivity index (χ0n) is 15.4. The van der Waals surface area contributed by atoms with Crippen LogP contribution in [-0.4, -0.2) is 35.3 Å². The third-order valence-electron chi connectivity index (χ3n) is 3.96. The van der Waals surface area contributed by atoms with Crippen LogP contribution in [0.25, 0.3) is 11.3 Å². The van der Waals surface area contributed by atoms with E-state index in [1.807, 2.05) is 37.3 Å². The van der Waals surface area contributed by atoms with Crippen LogP contribution in [-0.2, 0) is 4.79 Å². The van der Waals surface area contributed by atoms with Gasteiger partial charge in [-0.25, -0.2) is 4.98 Å². The molecule has 0 spiro atoms. The molecule has 0 fully saturated rings. The Morgan fingerprint density at radius 3 is 2.63 bits per heavy atom. The lowest BCUT2D eigenvalue weighted by molar-refractivity contribution is -0.115. The van der Waals surface area contributed by atoms with Crippen LogP contribution in [0.15, 0.2) is 59.9 Å². The highest BCUT2D eigenvalue weighted by Gasteiger charge is 2.18. The number of nitrogens with zero attached hydrogens (tertiary/aromatic N) is 1. The summed E-state index contributed by atoms with van der Waals surface area (Å²) in [4.78, 5) is 20.2. The number of rotatable bonds is 7. The Hall–Kier alpha value is -2.93. The standard InChI is InChI=1S/C20H21N3O3S/c1-13(19(24)22-16-11-15(25-2)9-10-18(16)26-3)27-20-21-12-17(23-20)14-7-5-4-6-8-14/h4-13H,1-3H3,(H,21,23)(H,22,24). The Balaban J connectivity index is 1.67. The Morgan fingerprint density at radius 1 is 1.15 bits per heavy atom. The average molecular weight is 383 g/mol. The zero-order chi connectivity index (χ0) is 19.2. The van der Waals surface area contributed by atoms with Crippen LogP contribution < -0.4 is 14.8 Å². The Morgan fingerprint density at radius 2 is 1.93 bits per heavy atom. The molecule has 3 rings (SSSR count). The molecule has 1 heterocycles. The number of ether oxygens (including phenoxy) is 2. The third kappa shape index (κ3) is 4.62. The number of amides is 1. The van der Waals surface area contributed by atoms with Gasteiger partial charge < -0.3 is 19.8 Å². The molecule has 1 aromatic heterocycles. The summed E-state index contributed by atoms with van der Waals surface area (Å²) in [6, 6.07) is 15.2. The Kier molecular flexibility index (Phi) is 6.03. The molecule has 2 N–H and O–H groups in total. The van der Waals surface area contributed by atoms with Gasteiger partial charge in [-0.2, -0.15) is 0 Å². The van der Waals surface area contributed by atoms with Gasteiger partial charge in [-0.05, 0) is 24.6 Å².